The molecule has 0 aliphatic carbocycles. The second-order valence-corrected chi connectivity index (χ2v) is 9.13. The molecule has 0 bridgehead atoms. The van der Waals surface area contributed by atoms with Gasteiger partial charge in [-0.15, -0.1) is 0 Å². The van der Waals surface area contributed by atoms with Crippen LogP contribution in [0.25, 0.3) is 10.9 Å². The van der Waals surface area contributed by atoms with Crippen LogP contribution in [0.5, 0.6) is 5.75 Å². The van der Waals surface area contributed by atoms with Crippen LogP contribution in [0.3, 0.4) is 0 Å². The van der Waals surface area contributed by atoms with Gasteiger partial charge in [0.15, 0.2) is 0 Å². The van der Waals surface area contributed by atoms with Crippen molar-refractivity contribution in [1.82, 2.24) is 15.4 Å². The molecule has 7 heteroatoms. The number of hydroxylamine groups is 1. The number of rotatable bonds is 5. The molecule has 3 atom stereocenters. The summed E-state index contributed by atoms with van der Waals surface area (Å²) in [6.45, 7) is 2.37. The number of ether oxygens (including phenoxy) is 1. The Morgan fingerprint density at radius 3 is 2.76 bits per heavy atom. The van der Waals surface area contributed by atoms with E-state index < -0.39 is 17.4 Å². The fourth-order valence-electron chi connectivity index (χ4n) is 5.37. The summed E-state index contributed by atoms with van der Waals surface area (Å²) in [7, 11) is 0. The molecule has 0 saturated carbocycles. The van der Waals surface area contributed by atoms with E-state index in [1.165, 1.54) is 0 Å². The van der Waals surface area contributed by atoms with E-state index in [1.54, 1.807) is 16.6 Å². The topological polar surface area (TPSA) is 91.8 Å². The number of para-hydroxylation sites is 1. The van der Waals surface area contributed by atoms with Crippen molar-refractivity contribution in [2.45, 2.75) is 56.7 Å². The van der Waals surface area contributed by atoms with E-state index in [4.69, 9.17) is 9.94 Å². The number of carbonyl (C=O) groups is 2. The van der Waals surface area contributed by atoms with Crippen LogP contribution in [0.2, 0.25) is 0 Å². The molecule has 3 heterocycles. The van der Waals surface area contributed by atoms with Gasteiger partial charge in [-0.3, -0.25) is 19.8 Å². The number of benzene rings is 2. The number of fused-ring (bicyclic) bond motifs is 2. The standard InChI is InChI=1S/C26H27N3O4/c1-26(15-19-5-4-8-23(24(30)28-32)29(19)25(26)31)18-9-11-20(12-10-18)33-16-17-13-14-27-22-7-3-2-6-21(17)22/h2-3,6-7,9-14,19,23,32H,4-5,8,15-16H2,1H3,(H,28,30)/t19?,23-,26-/m0/s1. The zero-order chi connectivity index (χ0) is 23.0. The highest BCUT2D eigenvalue weighted by Gasteiger charge is 2.53. The molecule has 33 heavy (non-hydrogen) atoms. The van der Waals surface area contributed by atoms with Crippen molar-refractivity contribution in [2.75, 3.05) is 0 Å². The minimum absolute atomic E-state index is 0.00875. The average Bonchev–Trinajstić information content (AvgIpc) is 3.13. The molecule has 2 aliphatic heterocycles. The lowest BCUT2D eigenvalue weighted by Gasteiger charge is -2.36. The molecular formula is C26H27N3O4. The van der Waals surface area contributed by atoms with Crippen molar-refractivity contribution in [3.63, 3.8) is 0 Å². The van der Waals surface area contributed by atoms with Crippen LogP contribution in [-0.4, -0.2) is 39.0 Å². The average molecular weight is 446 g/mol. The molecular weight excluding hydrogens is 418 g/mol. The van der Waals surface area contributed by atoms with E-state index in [0.29, 0.717) is 19.4 Å². The monoisotopic (exact) mass is 445 g/mol. The van der Waals surface area contributed by atoms with Gasteiger partial charge in [0.25, 0.3) is 5.91 Å². The van der Waals surface area contributed by atoms with Gasteiger partial charge in [-0.05, 0) is 62.4 Å². The number of hydrogen-bond donors (Lipinski definition) is 2. The zero-order valence-electron chi connectivity index (χ0n) is 18.5. The number of nitrogens with zero attached hydrogens (tertiary/aromatic N) is 2. The molecule has 170 valence electrons. The molecule has 1 unspecified atom stereocenters. The second-order valence-electron chi connectivity index (χ2n) is 9.13. The number of aromatic nitrogens is 1. The number of hydrogen-bond acceptors (Lipinski definition) is 5. The number of carbonyl (C=O) groups excluding carboxylic acids is 2. The van der Waals surface area contributed by atoms with Gasteiger partial charge in [0.05, 0.1) is 10.9 Å². The number of pyridine rings is 1. The largest absolute Gasteiger partial charge is 0.489 e. The summed E-state index contributed by atoms with van der Waals surface area (Å²) >= 11 is 0. The third-order valence-corrected chi connectivity index (χ3v) is 7.13. The second kappa shape index (κ2) is 8.48. The first-order valence-corrected chi connectivity index (χ1v) is 11.3. The van der Waals surface area contributed by atoms with Gasteiger partial charge < -0.3 is 9.64 Å². The fraction of sp³-hybridized carbons (Fsp3) is 0.346. The minimum atomic E-state index is -0.706. The highest BCUT2D eigenvalue weighted by Crippen LogP contribution is 2.44. The Balaban J connectivity index is 1.33. The van der Waals surface area contributed by atoms with E-state index in [2.05, 4.69) is 4.98 Å². The highest BCUT2D eigenvalue weighted by molar-refractivity contribution is 5.95. The molecule has 1 aromatic heterocycles. The first kappa shape index (κ1) is 21.4. The van der Waals surface area contributed by atoms with Crippen molar-refractivity contribution in [3.8, 4) is 5.75 Å². The quantitative estimate of drug-likeness (QED) is 0.461. The van der Waals surface area contributed by atoms with Gasteiger partial charge in [0, 0.05) is 23.2 Å². The van der Waals surface area contributed by atoms with Gasteiger partial charge in [-0.2, -0.15) is 0 Å². The number of nitrogens with one attached hydrogen (secondary N) is 1. The lowest BCUT2D eigenvalue weighted by Crippen LogP contribution is -2.53. The lowest BCUT2D eigenvalue weighted by atomic mass is 9.79. The number of amides is 2. The van der Waals surface area contributed by atoms with E-state index in [-0.39, 0.29) is 11.9 Å². The lowest BCUT2D eigenvalue weighted by molar-refractivity contribution is -0.147. The molecule has 2 N–H and O–H groups in total. The normalized spacial score (nSPS) is 24.5. The van der Waals surface area contributed by atoms with E-state index in [9.17, 15) is 9.59 Å². The minimum Gasteiger partial charge on any atom is -0.489 e. The number of piperidine rings is 1. The molecule has 2 saturated heterocycles. The van der Waals surface area contributed by atoms with Gasteiger partial charge >= 0.3 is 0 Å². The first-order valence-electron chi connectivity index (χ1n) is 11.3. The van der Waals surface area contributed by atoms with E-state index >= 15 is 0 Å². The molecule has 2 aromatic carbocycles. The summed E-state index contributed by atoms with van der Waals surface area (Å²) in [5.41, 5.74) is 3.93. The summed E-state index contributed by atoms with van der Waals surface area (Å²) in [6.07, 6.45) is 4.75. The molecule has 0 radical (unpaired) electrons. The Bertz CT molecular complexity index is 1190. The Morgan fingerprint density at radius 2 is 1.97 bits per heavy atom. The van der Waals surface area contributed by atoms with Gasteiger partial charge in [0.1, 0.15) is 18.4 Å². The molecule has 2 amide bonds. The third-order valence-electron chi connectivity index (χ3n) is 7.13. The Kier molecular flexibility index (Phi) is 5.50. The maximum atomic E-state index is 13.4. The van der Waals surface area contributed by atoms with Gasteiger partial charge in [-0.25, -0.2) is 5.48 Å². The van der Waals surface area contributed by atoms with Crippen molar-refractivity contribution in [1.29, 1.82) is 0 Å². The smallest absolute Gasteiger partial charge is 0.266 e. The van der Waals surface area contributed by atoms with Crippen LogP contribution in [0.15, 0.2) is 60.8 Å². The Labute approximate surface area is 192 Å². The Hall–Kier alpha value is -3.45. The predicted octanol–water partition coefficient (Wildman–Crippen LogP) is 3.73. The first-order chi connectivity index (χ1) is 16.0. The van der Waals surface area contributed by atoms with Crippen molar-refractivity contribution in [2.24, 2.45) is 0 Å². The van der Waals surface area contributed by atoms with Gasteiger partial charge in [-0.1, -0.05) is 30.3 Å². The molecule has 2 fully saturated rings. The van der Waals surface area contributed by atoms with E-state index in [0.717, 1.165) is 40.6 Å². The van der Waals surface area contributed by atoms with Crippen molar-refractivity contribution in [3.05, 3.63) is 71.9 Å². The summed E-state index contributed by atoms with van der Waals surface area (Å²) in [5.74, 6) is 0.159. The highest BCUT2D eigenvalue weighted by atomic mass is 16.5. The van der Waals surface area contributed by atoms with Gasteiger partial charge in [0.2, 0.25) is 5.91 Å². The van der Waals surface area contributed by atoms with Crippen LogP contribution < -0.4 is 10.2 Å². The molecule has 0 spiro atoms. The van der Waals surface area contributed by atoms with E-state index in [1.807, 2.05) is 61.5 Å². The molecule has 2 aliphatic rings. The van der Waals surface area contributed by atoms with Crippen LogP contribution in [0, 0.1) is 0 Å². The molecule has 5 rings (SSSR count). The predicted molar refractivity (Wildman–Crippen MR) is 123 cm³/mol. The van der Waals surface area contributed by atoms with Crippen LogP contribution in [0.1, 0.15) is 43.7 Å². The Morgan fingerprint density at radius 1 is 1.18 bits per heavy atom. The summed E-state index contributed by atoms with van der Waals surface area (Å²) < 4.78 is 6.03. The SMILES string of the molecule is C[C@@]1(c2ccc(OCc3ccnc4ccccc34)cc2)CC2CCC[C@@H](C(=O)NO)N2C1=O. The van der Waals surface area contributed by atoms with Crippen LogP contribution in [0.4, 0.5) is 0 Å². The van der Waals surface area contributed by atoms with Crippen LogP contribution >= 0.6 is 0 Å². The maximum absolute atomic E-state index is 13.4. The maximum Gasteiger partial charge on any atom is 0.266 e. The van der Waals surface area contributed by atoms with Crippen molar-refractivity contribution < 1.29 is 19.5 Å². The zero-order valence-corrected chi connectivity index (χ0v) is 18.5. The summed E-state index contributed by atoms with van der Waals surface area (Å²) in [5, 5.41) is 10.2. The fourth-order valence-corrected chi connectivity index (χ4v) is 5.37. The molecule has 7 nitrogen and oxygen atoms in total. The summed E-state index contributed by atoms with van der Waals surface area (Å²) in [4.78, 5) is 31.7. The summed E-state index contributed by atoms with van der Waals surface area (Å²) in [6, 6.07) is 17.0. The van der Waals surface area contributed by atoms with Crippen LogP contribution in [-0.2, 0) is 21.6 Å². The third kappa shape index (κ3) is 3.72. The van der Waals surface area contributed by atoms with Crippen molar-refractivity contribution >= 4 is 22.7 Å². The molecule has 3 aromatic rings.